The van der Waals surface area contributed by atoms with Gasteiger partial charge in [-0.05, 0) is 26.0 Å². The highest BCUT2D eigenvalue weighted by molar-refractivity contribution is 4.94. The highest BCUT2D eigenvalue weighted by Gasteiger charge is 2.00. The molecule has 0 fully saturated rings. The van der Waals surface area contributed by atoms with Gasteiger partial charge in [-0.3, -0.25) is 0 Å². The molecule has 0 spiro atoms. The van der Waals surface area contributed by atoms with Crippen LogP contribution in [-0.2, 0) is 0 Å². The molecule has 1 heterocycles. The van der Waals surface area contributed by atoms with E-state index in [0.29, 0.717) is 0 Å². The summed E-state index contributed by atoms with van der Waals surface area (Å²) in [6, 6.07) is 3.38. The van der Waals surface area contributed by atoms with Crippen LogP contribution in [0, 0.1) is 5.95 Å². The molecule has 9 heavy (non-hydrogen) atoms. The monoisotopic (exact) mass is 127 g/mol. The van der Waals surface area contributed by atoms with Gasteiger partial charge in [0.15, 0.2) is 5.95 Å². The quantitative estimate of drug-likeness (QED) is 0.545. The maximum Gasteiger partial charge on any atom is 0.193 e. The lowest BCUT2D eigenvalue weighted by Gasteiger charge is -2.05. The van der Waals surface area contributed by atoms with E-state index < -0.39 is 0 Å². The van der Waals surface area contributed by atoms with Crippen molar-refractivity contribution in [2.75, 3.05) is 0 Å². The third kappa shape index (κ3) is 1.12. The van der Waals surface area contributed by atoms with Crippen LogP contribution in [0.1, 0.15) is 19.9 Å². The van der Waals surface area contributed by atoms with Crippen LogP contribution >= 0.6 is 0 Å². The molecule has 1 aromatic rings. The Morgan fingerprint density at radius 1 is 1.56 bits per heavy atom. The summed E-state index contributed by atoms with van der Waals surface area (Å²) in [5.41, 5.74) is 0. The molecule has 0 aliphatic rings. The van der Waals surface area contributed by atoms with Crippen molar-refractivity contribution >= 4 is 0 Å². The van der Waals surface area contributed by atoms with Crippen molar-refractivity contribution in [2.24, 2.45) is 0 Å². The van der Waals surface area contributed by atoms with Gasteiger partial charge in [-0.25, -0.2) is 0 Å². The third-order valence-corrected chi connectivity index (χ3v) is 1.28. The van der Waals surface area contributed by atoms with Crippen LogP contribution in [0.4, 0.5) is 4.39 Å². The number of aromatic nitrogens is 1. The van der Waals surface area contributed by atoms with Gasteiger partial charge in [-0.15, -0.1) is 0 Å². The van der Waals surface area contributed by atoms with Crippen molar-refractivity contribution in [3.63, 3.8) is 0 Å². The molecule has 1 nitrogen and oxygen atoms in total. The lowest BCUT2D eigenvalue weighted by atomic mass is 10.4. The number of hydrogen-bond acceptors (Lipinski definition) is 0. The molecule has 0 saturated carbocycles. The van der Waals surface area contributed by atoms with E-state index in [4.69, 9.17) is 0 Å². The zero-order chi connectivity index (χ0) is 6.85. The minimum absolute atomic E-state index is 0.162. The zero-order valence-corrected chi connectivity index (χ0v) is 5.63. The van der Waals surface area contributed by atoms with Gasteiger partial charge in [-0.2, -0.15) is 4.39 Å². The number of nitrogens with zero attached hydrogens (tertiary/aromatic N) is 1. The molecule has 1 aromatic heterocycles. The molecule has 0 aromatic carbocycles. The molecule has 50 valence electrons. The van der Waals surface area contributed by atoms with Crippen molar-refractivity contribution < 1.29 is 4.39 Å². The standard InChI is InChI=1S/C7H10FN/c1-6(2)9-5-3-4-7(9)8/h3-6H,1-2H3. The molecule has 0 aliphatic heterocycles. The topological polar surface area (TPSA) is 4.93 Å². The fourth-order valence-corrected chi connectivity index (χ4v) is 0.791. The summed E-state index contributed by atoms with van der Waals surface area (Å²) >= 11 is 0. The second kappa shape index (κ2) is 2.21. The van der Waals surface area contributed by atoms with E-state index in [1.807, 2.05) is 13.8 Å². The summed E-state index contributed by atoms with van der Waals surface area (Å²) in [5, 5.41) is 0. The van der Waals surface area contributed by atoms with Gasteiger partial charge in [0, 0.05) is 12.2 Å². The van der Waals surface area contributed by atoms with E-state index in [0.717, 1.165) is 0 Å². The summed E-state index contributed by atoms with van der Waals surface area (Å²) in [6.07, 6.45) is 1.74. The Labute approximate surface area is 54.1 Å². The SMILES string of the molecule is CC(C)n1cccc1F. The molecule has 0 unspecified atom stereocenters. The summed E-state index contributed by atoms with van der Waals surface area (Å²) in [6.45, 7) is 3.90. The fourth-order valence-electron chi connectivity index (χ4n) is 0.791. The Morgan fingerprint density at radius 3 is 2.44 bits per heavy atom. The van der Waals surface area contributed by atoms with Gasteiger partial charge >= 0.3 is 0 Å². The third-order valence-electron chi connectivity index (χ3n) is 1.28. The van der Waals surface area contributed by atoms with Gasteiger partial charge in [-0.1, -0.05) is 0 Å². The maximum absolute atomic E-state index is 12.6. The molecule has 2 heteroatoms. The summed E-state index contributed by atoms with van der Waals surface area (Å²) in [5.74, 6) is -0.162. The Hall–Kier alpha value is -0.790. The van der Waals surface area contributed by atoms with Crippen LogP contribution in [0.25, 0.3) is 0 Å². The van der Waals surface area contributed by atoms with Gasteiger partial charge in [0.1, 0.15) is 0 Å². The number of halogens is 1. The van der Waals surface area contributed by atoms with Crippen LogP contribution in [-0.4, -0.2) is 4.57 Å². The fraction of sp³-hybridized carbons (Fsp3) is 0.429. The molecule has 0 bridgehead atoms. The van der Waals surface area contributed by atoms with Crippen molar-refractivity contribution in [3.8, 4) is 0 Å². The smallest absolute Gasteiger partial charge is 0.193 e. The van der Waals surface area contributed by atoms with Gasteiger partial charge in [0.25, 0.3) is 0 Å². The zero-order valence-electron chi connectivity index (χ0n) is 5.63. The molecule has 0 N–H and O–H groups in total. The lowest BCUT2D eigenvalue weighted by molar-refractivity contribution is 0.457. The first-order valence-corrected chi connectivity index (χ1v) is 3.04. The summed E-state index contributed by atoms with van der Waals surface area (Å²) < 4.78 is 14.1. The molecule has 1 rings (SSSR count). The van der Waals surface area contributed by atoms with E-state index in [1.54, 1.807) is 16.8 Å². The van der Waals surface area contributed by atoms with Crippen LogP contribution in [0.15, 0.2) is 18.3 Å². The van der Waals surface area contributed by atoms with Crippen LogP contribution in [0.3, 0.4) is 0 Å². The van der Waals surface area contributed by atoms with Gasteiger partial charge in [0.2, 0.25) is 0 Å². The van der Waals surface area contributed by atoms with Crippen LogP contribution in [0.2, 0.25) is 0 Å². The minimum Gasteiger partial charge on any atom is -0.322 e. The van der Waals surface area contributed by atoms with E-state index in [2.05, 4.69) is 0 Å². The van der Waals surface area contributed by atoms with Crippen molar-refractivity contribution in [3.05, 3.63) is 24.3 Å². The van der Waals surface area contributed by atoms with Crippen LogP contribution < -0.4 is 0 Å². The molecule has 0 radical (unpaired) electrons. The predicted molar refractivity (Wildman–Crippen MR) is 34.8 cm³/mol. The Balaban J connectivity index is 2.94. The van der Waals surface area contributed by atoms with Crippen molar-refractivity contribution in [2.45, 2.75) is 19.9 Å². The van der Waals surface area contributed by atoms with E-state index in [-0.39, 0.29) is 12.0 Å². The van der Waals surface area contributed by atoms with E-state index in [9.17, 15) is 4.39 Å². The first-order valence-electron chi connectivity index (χ1n) is 3.04. The second-order valence-corrected chi connectivity index (χ2v) is 2.33. The predicted octanol–water partition coefficient (Wildman–Crippen LogP) is 2.21. The maximum atomic E-state index is 12.6. The molecule has 0 saturated heterocycles. The minimum atomic E-state index is -0.162. The van der Waals surface area contributed by atoms with Gasteiger partial charge < -0.3 is 4.57 Å². The summed E-state index contributed by atoms with van der Waals surface area (Å²) in [7, 11) is 0. The molecular formula is C7H10FN. The van der Waals surface area contributed by atoms with E-state index in [1.165, 1.54) is 6.07 Å². The van der Waals surface area contributed by atoms with Crippen molar-refractivity contribution in [1.29, 1.82) is 0 Å². The van der Waals surface area contributed by atoms with Crippen molar-refractivity contribution in [1.82, 2.24) is 4.57 Å². The molecular weight excluding hydrogens is 117 g/mol. The highest BCUT2D eigenvalue weighted by atomic mass is 19.1. The molecule has 0 aliphatic carbocycles. The normalized spacial score (nSPS) is 10.7. The average molecular weight is 127 g/mol. The van der Waals surface area contributed by atoms with Crippen LogP contribution in [0.5, 0.6) is 0 Å². The second-order valence-electron chi connectivity index (χ2n) is 2.33. The average Bonchev–Trinajstić information content (AvgIpc) is 2.13. The van der Waals surface area contributed by atoms with E-state index >= 15 is 0 Å². The Bertz CT molecular complexity index is 191. The first-order chi connectivity index (χ1) is 4.22. The lowest BCUT2D eigenvalue weighted by Crippen LogP contribution is -2.00. The number of hydrogen-bond donors (Lipinski definition) is 0. The Morgan fingerprint density at radius 2 is 2.22 bits per heavy atom. The van der Waals surface area contributed by atoms with Gasteiger partial charge in [0.05, 0.1) is 0 Å². The first kappa shape index (κ1) is 6.33. The summed E-state index contributed by atoms with van der Waals surface area (Å²) in [4.78, 5) is 0. The Kier molecular flexibility index (Phi) is 1.56. The largest absolute Gasteiger partial charge is 0.322 e. The molecule has 0 amide bonds. The number of rotatable bonds is 1. The highest BCUT2D eigenvalue weighted by Crippen LogP contribution is 2.07. The molecule has 0 atom stereocenters.